The zero-order valence-corrected chi connectivity index (χ0v) is 39.9. The molecule has 0 fully saturated rings. The van der Waals surface area contributed by atoms with Crippen LogP contribution in [0.25, 0.3) is 70.9 Å². The van der Waals surface area contributed by atoms with Crippen LogP contribution in [-0.2, 0) is 21.7 Å². The molecule has 10 aromatic rings. The van der Waals surface area contributed by atoms with Crippen molar-refractivity contribution >= 4 is 71.2 Å². The largest absolute Gasteiger partial charge is 0.309 e. The fourth-order valence-corrected chi connectivity index (χ4v) is 9.94. The summed E-state index contributed by atoms with van der Waals surface area (Å²) in [5, 5.41) is 10.1. The lowest BCUT2D eigenvalue weighted by Crippen LogP contribution is -2.18. The van der Waals surface area contributed by atoms with Crippen LogP contribution in [0.4, 0.5) is 17.1 Å². The monoisotopic (exact) mass is 834 g/mol. The van der Waals surface area contributed by atoms with Crippen LogP contribution in [0, 0.1) is 0 Å². The maximum Gasteiger partial charge on any atom is 0.0543 e. The van der Waals surface area contributed by atoms with Gasteiger partial charge in [-0.25, -0.2) is 0 Å². The molecule has 2 heteroatoms. The Morgan fingerprint density at radius 2 is 0.844 bits per heavy atom. The molecule has 1 aromatic heterocycles. The van der Waals surface area contributed by atoms with E-state index in [0.717, 1.165) is 5.69 Å². The highest BCUT2D eigenvalue weighted by Crippen LogP contribution is 2.49. The molecule has 0 N–H and O–H groups in total. The van der Waals surface area contributed by atoms with E-state index in [1.165, 1.54) is 105 Å². The summed E-state index contributed by atoms with van der Waals surface area (Å²) >= 11 is 0. The second kappa shape index (κ2) is 14.6. The SMILES string of the molecule is CC(C)(C)c1ccc(N(c2cc(C(C)(C)C)ccc2-c2cc(C(C)(C)C)cc(C(C)(C)C)c2)c2ccc3ccc4c(-n5c6ccccc6c6ccccc65)ccc5ccc2c3c54)cc1. The Morgan fingerprint density at radius 3 is 1.41 bits per heavy atom. The van der Waals surface area contributed by atoms with Crippen LogP contribution in [0.3, 0.4) is 0 Å². The summed E-state index contributed by atoms with van der Waals surface area (Å²) < 4.78 is 2.47. The minimum absolute atomic E-state index is 0.0197. The Labute approximate surface area is 380 Å². The number of benzene rings is 9. The molecule has 0 atom stereocenters. The lowest BCUT2D eigenvalue weighted by atomic mass is 9.78. The number of rotatable bonds is 5. The average Bonchev–Trinajstić information content (AvgIpc) is 3.59. The van der Waals surface area contributed by atoms with E-state index in [1.54, 1.807) is 0 Å². The van der Waals surface area contributed by atoms with Crippen LogP contribution in [0.1, 0.15) is 105 Å². The van der Waals surface area contributed by atoms with E-state index in [4.69, 9.17) is 0 Å². The highest BCUT2D eigenvalue weighted by molar-refractivity contribution is 6.27. The van der Waals surface area contributed by atoms with Gasteiger partial charge in [0.2, 0.25) is 0 Å². The molecule has 0 radical (unpaired) electrons. The van der Waals surface area contributed by atoms with Crippen molar-refractivity contribution in [3.63, 3.8) is 0 Å². The summed E-state index contributed by atoms with van der Waals surface area (Å²) in [4.78, 5) is 2.57. The van der Waals surface area contributed by atoms with Gasteiger partial charge in [0, 0.05) is 32.8 Å². The molecule has 0 aliphatic carbocycles. The zero-order chi connectivity index (χ0) is 45.1. The van der Waals surface area contributed by atoms with Gasteiger partial charge in [0.05, 0.1) is 28.1 Å². The molecule has 10 rings (SSSR count). The van der Waals surface area contributed by atoms with Crippen LogP contribution in [0.5, 0.6) is 0 Å². The van der Waals surface area contributed by atoms with Crippen LogP contribution < -0.4 is 4.90 Å². The summed E-state index contributed by atoms with van der Waals surface area (Å²) in [5.41, 5.74) is 14.9. The molecule has 0 bridgehead atoms. The summed E-state index contributed by atoms with van der Waals surface area (Å²) in [5.74, 6) is 0. The second-order valence-electron chi connectivity index (χ2n) is 22.4. The van der Waals surface area contributed by atoms with E-state index < -0.39 is 0 Å². The molecular weight excluding hydrogens is 773 g/mol. The molecule has 64 heavy (non-hydrogen) atoms. The van der Waals surface area contributed by atoms with Crippen LogP contribution in [0.2, 0.25) is 0 Å². The van der Waals surface area contributed by atoms with Crippen molar-refractivity contribution in [2.45, 2.75) is 105 Å². The maximum atomic E-state index is 2.57. The Morgan fingerprint density at radius 1 is 0.359 bits per heavy atom. The highest BCUT2D eigenvalue weighted by atomic mass is 15.1. The van der Waals surface area contributed by atoms with E-state index >= 15 is 0 Å². The van der Waals surface area contributed by atoms with Gasteiger partial charge in [0.25, 0.3) is 0 Å². The molecule has 0 saturated heterocycles. The van der Waals surface area contributed by atoms with Gasteiger partial charge in [0.1, 0.15) is 0 Å². The highest BCUT2D eigenvalue weighted by Gasteiger charge is 2.28. The molecule has 0 spiro atoms. The minimum Gasteiger partial charge on any atom is -0.309 e. The number of hydrogen-bond donors (Lipinski definition) is 0. The quantitative estimate of drug-likeness (QED) is 0.157. The number of fused-ring (bicyclic) bond motifs is 3. The number of aromatic nitrogens is 1. The fraction of sp³-hybridized carbons (Fsp3) is 0.258. The van der Waals surface area contributed by atoms with Gasteiger partial charge in [-0.2, -0.15) is 0 Å². The van der Waals surface area contributed by atoms with Crippen LogP contribution in [-0.4, -0.2) is 4.57 Å². The molecule has 0 unspecified atom stereocenters. The van der Waals surface area contributed by atoms with E-state index in [-0.39, 0.29) is 21.7 Å². The van der Waals surface area contributed by atoms with Crippen LogP contribution in [0.15, 0.2) is 158 Å². The second-order valence-corrected chi connectivity index (χ2v) is 22.4. The number of hydrogen-bond acceptors (Lipinski definition) is 1. The van der Waals surface area contributed by atoms with Crippen molar-refractivity contribution < 1.29 is 0 Å². The molecule has 0 aliphatic heterocycles. The van der Waals surface area contributed by atoms with Gasteiger partial charge < -0.3 is 9.47 Å². The molecular formula is C62H62N2. The summed E-state index contributed by atoms with van der Waals surface area (Å²) in [7, 11) is 0. The third kappa shape index (κ3) is 6.94. The number of para-hydroxylation sites is 2. The normalized spacial score (nSPS) is 13.0. The van der Waals surface area contributed by atoms with Gasteiger partial charge in [-0.3, -0.25) is 0 Å². The van der Waals surface area contributed by atoms with Gasteiger partial charge in [-0.1, -0.05) is 198 Å². The van der Waals surface area contributed by atoms with Crippen LogP contribution >= 0.6 is 0 Å². The predicted molar refractivity (Wildman–Crippen MR) is 279 cm³/mol. The molecule has 1 heterocycles. The topological polar surface area (TPSA) is 8.17 Å². The lowest BCUT2D eigenvalue weighted by Gasteiger charge is -2.33. The molecule has 0 aliphatic rings. The van der Waals surface area contributed by atoms with Crippen molar-refractivity contribution in [3.05, 3.63) is 180 Å². The standard InChI is InChI=1S/C62H62N2/c1-59(2,3)42-25-28-46(29-26-42)63(56-38-43(60(4,5)6)27-32-47(56)41-35-44(61(7,8)9)37-45(36-41)62(10,11)12)54-33-23-39-22-31-51-55(34-24-40-21-30-50(54)57(39)58(40)51)64-52-19-15-13-17-48(52)49-18-14-16-20-53(49)64/h13-38H,1-12H3. The lowest BCUT2D eigenvalue weighted by molar-refractivity contribution is 0.569. The van der Waals surface area contributed by atoms with Crippen molar-refractivity contribution in [2.75, 3.05) is 4.90 Å². The van der Waals surface area contributed by atoms with E-state index in [2.05, 4.69) is 250 Å². The third-order valence-corrected chi connectivity index (χ3v) is 13.8. The zero-order valence-electron chi connectivity index (χ0n) is 39.9. The maximum absolute atomic E-state index is 2.57. The first-order valence-electron chi connectivity index (χ1n) is 23.2. The van der Waals surface area contributed by atoms with Gasteiger partial charge in [0.15, 0.2) is 0 Å². The average molecular weight is 835 g/mol. The van der Waals surface area contributed by atoms with E-state index in [0.29, 0.717) is 0 Å². The third-order valence-electron chi connectivity index (χ3n) is 13.8. The molecule has 2 nitrogen and oxygen atoms in total. The van der Waals surface area contributed by atoms with Gasteiger partial charge >= 0.3 is 0 Å². The molecule has 0 amide bonds. The van der Waals surface area contributed by atoms with Gasteiger partial charge in [-0.15, -0.1) is 0 Å². The van der Waals surface area contributed by atoms with Gasteiger partial charge in [-0.05, 0) is 113 Å². The van der Waals surface area contributed by atoms with E-state index in [9.17, 15) is 0 Å². The molecule has 9 aromatic carbocycles. The van der Waals surface area contributed by atoms with Crippen molar-refractivity contribution in [1.29, 1.82) is 0 Å². The number of nitrogens with zero attached hydrogens (tertiary/aromatic N) is 2. The van der Waals surface area contributed by atoms with Crippen molar-refractivity contribution in [3.8, 4) is 16.8 Å². The Hall–Kier alpha value is -6.38. The molecule has 0 saturated carbocycles. The first-order chi connectivity index (χ1) is 30.3. The predicted octanol–water partition coefficient (Wildman–Crippen LogP) is 18.0. The Bertz CT molecular complexity index is 3320. The molecule has 320 valence electrons. The van der Waals surface area contributed by atoms with Crippen molar-refractivity contribution in [2.24, 2.45) is 0 Å². The Balaban J connectivity index is 1.29. The number of anilines is 3. The smallest absolute Gasteiger partial charge is 0.0543 e. The first-order valence-corrected chi connectivity index (χ1v) is 23.2. The van der Waals surface area contributed by atoms with E-state index in [1.807, 2.05) is 0 Å². The Kier molecular flexibility index (Phi) is 9.48. The minimum atomic E-state index is -0.0647. The fourth-order valence-electron chi connectivity index (χ4n) is 9.94. The first kappa shape index (κ1) is 41.6. The summed E-state index contributed by atoms with van der Waals surface area (Å²) in [6.07, 6.45) is 0. The van der Waals surface area contributed by atoms with Crippen molar-refractivity contribution in [1.82, 2.24) is 4.57 Å². The summed E-state index contributed by atoms with van der Waals surface area (Å²) in [6.45, 7) is 27.9. The summed E-state index contributed by atoms with van der Waals surface area (Å²) in [6, 6.07) is 60.4.